The molecule has 0 aliphatic carbocycles. The van der Waals surface area contributed by atoms with Crippen LogP contribution in [-0.2, 0) is 0 Å². The minimum atomic E-state index is 0.858. The van der Waals surface area contributed by atoms with E-state index in [2.05, 4.69) is 16.8 Å². The fourth-order valence-corrected chi connectivity index (χ4v) is 0.381. The number of nitrogens with one attached hydrogen (secondary N) is 2. The first kappa shape index (κ1) is 3.68. The van der Waals surface area contributed by atoms with Crippen LogP contribution in [0.3, 0.4) is 0 Å². The highest BCUT2D eigenvalue weighted by Gasteiger charge is 1.82. The van der Waals surface area contributed by atoms with Crippen LogP contribution in [0.1, 0.15) is 0 Å². The molecule has 0 aromatic heterocycles. The minimum Gasteiger partial charge on any atom is -0.371 e. The van der Waals surface area contributed by atoms with Gasteiger partial charge in [0.15, 0.2) is 0 Å². The highest BCUT2D eigenvalue weighted by Crippen LogP contribution is 1.67. The number of hydrogen-bond acceptors (Lipinski definition) is 2. The zero-order chi connectivity index (χ0) is 4.24. The molecule has 0 spiro atoms. The van der Waals surface area contributed by atoms with Crippen LogP contribution in [-0.4, -0.2) is 13.2 Å². The molecule has 1 rings (SSSR count). The summed E-state index contributed by atoms with van der Waals surface area (Å²) in [4.78, 5) is 0. The van der Waals surface area contributed by atoms with E-state index >= 15 is 0 Å². The van der Waals surface area contributed by atoms with Gasteiger partial charge in [-0.05, 0) is 6.08 Å². The summed E-state index contributed by atoms with van der Waals surface area (Å²) in [5.74, 6) is 0. The third-order valence-corrected chi connectivity index (χ3v) is 0.664. The van der Waals surface area contributed by atoms with Crippen molar-refractivity contribution < 1.29 is 0 Å². The summed E-state index contributed by atoms with van der Waals surface area (Å²) in [5.41, 5.74) is 0. The first-order chi connectivity index (χ1) is 3.00. The van der Waals surface area contributed by atoms with Gasteiger partial charge in [-0.2, -0.15) is 0 Å². The third-order valence-electron chi connectivity index (χ3n) is 0.664. The maximum absolute atomic E-state index is 3.06. The van der Waals surface area contributed by atoms with Crippen molar-refractivity contribution in [2.75, 3.05) is 13.2 Å². The van der Waals surface area contributed by atoms with E-state index in [1.165, 1.54) is 0 Å². The third kappa shape index (κ3) is 0.723. The molecule has 1 aliphatic rings. The Hall–Kier alpha value is -0.500. The Kier molecular flexibility index (Phi) is 1.12. The molecule has 2 N–H and O–H groups in total. The van der Waals surface area contributed by atoms with Crippen LogP contribution in [0.4, 0.5) is 0 Å². The van der Waals surface area contributed by atoms with Crippen molar-refractivity contribution in [1.82, 2.24) is 10.6 Å². The molecular formula is C4H7N2. The maximum Gasteiger partial charge on any atom is 0.0656 e. The average molecular weight is 83.1 g/mol. The lowest BCUT2D eigenvalue weighted by molar-refractivity contribution is 0.655. The molecular weight excluding hydrogens is 76.1 g/mol. The molecule has 0 aromatic rings. The molecule has 1 aliphatic heterocycles. The normalized spacial score (nSPS) is 20.0. The predicted octanol–water partition coefficient (Wildman–Crippen LogP) is -0.546. The zero-order valence-corrected chi connectivity index (χ0v) is 3.49. The van der Waals surface area contributed by atoms with Crippen molar-refractivity contribution in [2.24, 2.45) is 0 Å². The summed E-state index contributed by atoms with van der Waals surface area (Å²) >= 11 is 0. The quantitative estimate of drug-likeness (QED) is 0.411. The van der Waals surface area contributed by atoms with E-state index < -0.39 is 0 Å². The molecule has 0 aromatic carbocycles. The monoisotopic (exact) mass is 83.1 g/mol. The van der Waals surface area contributed by atoms with Crippen molar-refractivity contribution in [3.63, 3.8) is 0 Å². The Balaban J connectivity index is 2.26. The van der Waals surface area contributed by atoms with Crippen molar-refractivity contribution in [3.8, 4) is 0 Å². The largest absolute Gasteiger partial charge is 0.371 e. The van der Waals surface area contributed by atoms with Crippen LogP contribution in [0.25, 0.3) is 0 Å². The molecule has 2 heteroatoms. The summed E-state index contributed by atoms with van der Waals surface area (Å²) in [6.07, 6.45) is 4.77. The first-order valence-corrected chi connectivity index (χ1v) is 2.01. The lowest BCUT2D eigenvalue weighted by Gasteiger charge is -2.04. The Bertz CT molecular complexity index is 50.6. The Morgan fingerprint density at radius 1 is 1.67 bits per heavy atom. The first-order valence-electron chi connectivity index (χ1n) is 2.01. The van der Waals surface area contributed by atoms with Gasteiger partial charge in [0.1, 0.15) is 0 Å². The molecule has 0 fully saturated rings. The van der Waals surface area contributed by atoms with Gasteiger partial charge in [-0.15, -0.1) is 0 Å². The molecule has 0 saturated heterocycles. The van der Waals surface area contributed by atoms with Gasteiger partial charge in [-0.3, -0.25) is 5.32 Å². The molecule has 6 heavy (non-hydrogen) atoms. The topological polar surface area (TPSA) is 24.1 Å². The Morgan fingerprint density at radius 3 is 2.83 bits per heavy atom. The van der Waals surface area contributed by atoms with Gasteiger partial charge in [-0.25, -0.2) is 0 Å². The SMILES string of the molecule is [C]1=CCNCN1. The highest BCUT2D eigenvalue weighted by molar-refractivity contribution is 4.78. The standard InChI is InChI=1S/C4H7N2/c1-2-5-4-6-3-1/h1,5-6H,2,4H2. The van der Waals surface area contributed by atoms with Crippen molar-refractivity contribution in [3.05, 3.63) is 12.3 Å². The van der Waals surface area contributed by atoms with Crippen molar-refractivity contribution in [2.45, 2.75) is 0 Å². The molecule has 0 unspecified atom stereocenters. The molecule has 2 nitrogen and oxygen atoms in total. The van der Waals surface area contributed by atoms with E-state index in [4.69, 9.17) is 0 Å². The van der Waals surface area contributed by atoms with E-state index in [-0.39, 0.29) is 0 Å². The van der Waals surface area contributed by atoms with E-state index in [0.29, 0.717) is 0 Å². The molecule has 0 amide bonds. The maximum atomic E-state index is 3.06. The summed E-state index contributed by atoms with van der Waals surface area (Å²) in [5, 5.41) is 5.92. The van der Waals surface area contributed by atoms with E-state index in [1.807, 2.05) is 6.08 Å². The number of hydrogen-bond donors (Lipinski definition) is 2. The van der Waals surface area contributed by atoms with Crippen molar-refractivity contribution >= 4 is 0 Å². The van der Waals surface area contributed by atoms with E-state index in [9.17, 15) is 0 Å². The van der Waals surface area contributed by atoms with Crippen LogP contribution in [0, 0.1) is 6.20 Å². The molecule has 33 valence electrons. The lowest BCUT2D eigenvalue weighted by Crippen LogP contribution is -2.29. The van der Waals surface area contributed by atoms with Crippen LogP contribution >= 0.6 is 0 Å². The van der Waals surface area contributed by atoms with Gasteiger partial charge in [0.25, 0.3) is 0 Å². The molecule has 0 saturated carbocycles. The van der Waals surface area contributed by atoms with Crippen LogP contribution in [0.15, 0.2) is 6.08 Å². The van der Waals surface area contributed by atoms with Crippen LogP contribution in [0.5, 0.6) is 0 Å². The minimum absolute atomic E-state index is 0.858. The second kappa shape index (κ2) is 1.82. The van der Waals surface area contributed by atoms with Gasteiger partial charge >= 0.3 is 0 Å². The lowest BCUT2D eigenvalue weighted by atomic mass is 10.5. The second-order valence-electron chi connectivity index (χ2n) is 1.16. The summed E-state index contributed by atoms with van der Waals surface area (Å²) < 4.78 is 0. The van der Waals surface area contributed by atoms with Gasteiger partial charge in [0, 0.05) is 6.54 Å². The second-order valence-corrected chi connectivity index (χ2v) is 1.16. The fraction of sp³-hybridized carbons (Fsp3) is 0.500. The van der Waals surface area contributed by atoms with E-state index in [1.54, 1.807) is 0 Å². The van der Waals surface area contributed by atoms with Gasteiger partial charge in [-0.1, -0.05) is 0 Å². The molecule has 1 heterocycles. The summed E-state index contributed by atoms with van der Waals surface area (Å²) in [6.45, 7) is 1.81. The summed E-state index contributed by atoms with van der Waals surface area (Å²) in [7, 11) is 0. The Morgan fingerprint density at radius 2 is 2.67 bits per heavy atom. The van der Waals surface area contributed by atoms with Crippen LogP contribution in [0.2, 0.25) is 0 Å². The summed E-state index contributed by atoms with van der Waals surface area (Å²) in [6, 6.07) is 0. The van der Waals surface area contributed by atoms with Gasteiger partial charge in [0.2, 0.25) is 0 Å². The highest BCUT2D eigenvalue weighted by atomic mass is 15.1. The van der Waals surface area contributed by atoms with E-state index in [0.717, 1.165) is 13.2 Å². The molecule has 0 bridgehead atoms. The fourth-order valence-electron chi connectivity index (χ4n) is 0.381. The van der Waals surface area contributed by atoms with Crippen molar-refractivity contribution in [1.29, 1.82) is 0 Å². The molecule has 1 radical (unpaired) electrons. The zero-order valence-electron chi connectivity index (χ0n) is 3.49. The smallest absolute Gasteiger partial charge is 0.0656 e. The van der Waals surface area contributed by atoms with Gasteiger partial charge in [0.05, 0.1) is 12.9 Å². The molecule has 0 atom stereocenters. The number of rotatable bonds is 0. The average Bonchev–Trinajstić information content (AvgIpc) is 1.72. The Labute approximate surface area is 37.2 Å². The van der Waals surface area contributed by atoms with Gasteiger partial charge < -0.3 is 5.32 Å². The predicted molar refractivity (Wildman–Crippen MR) is 23.8 cm³/mol. The van der Waals surface area contributed by atoms with Crippen LogP contribution < -0.4 is 10.6 Å².